The first kappa shape index (κ1) is 18.3. The van der Waals surface area contributed by atoms with Gasteiger partial charge in [0.2, 0.25) is 5.91 Å². The molecule has 0 fully saturated rings. The van der Waals surface area contributed by atoms with Crippen molar-refractivity contribution in [1.29, 1.82) is 0 Å². The molecule has 2 aromatic rings. The Morgan fingerprint density at radius 3 is 2.38 bits per heavy atom. The molecule has 0 heterocycles. The number of halogens is 1. The minimum absolute atomic E-state index is 0.0652. The van der Waals surface area contributed by atoms with Crippen molar-refractivity contribution in [3.05, 3.63) is 58.1 Å². The highest BCUT2D eigenvalue weighted by molar-refractivity contribution is 9.10. The molecule has 2 aromatic carbocycles. The number of hydrogen-bond acceptors (Lipinski definition) is 3. The van der Waals surface area contributed by atoms with Gasteiger partial charge in [0.05, 0.1) is 14.2 Å². The lowest BCUT2D eigenvalue weighted by Gasteiger charge is -2.12. The fourth-order valence-corrected chi connectivity index (χ4v) is 2.94. The van der Waals surface area contributed by atoms with Crippen LogP contribution in [-0.2, 0) is 17.6 Å². The molecule has 5 heteroatoms. The molecule has 24 heavy (non-hydrogen) atoms. The molecule has 128 valence electrons. The average molecular weight is 392 g/mol. The number of carbonyl (C=O) groups is 1. The fraction of sp³-hybridized carbons (Fsp3) is 0.316. The summed E-state index contributed by atoms with van der Waals surface area (Å²) in [5.41, 5.74) is 2.24. The summed E-state index contributed by atoms with van der Waals surface area (Å²) in [5, 5.41) is 2.96. The number of ether oxygens (including phenoxy) is 2. The van der Waals surface area contributed by atoms with Gasteiger partial charge in [-0.1, -0.05) is 46.3 Å². The Kier molecular flexibility index (Phi) is 7.12. The Morgan fingerprint density at radius 1 is 1.04 bits per heavy atom. The molecule has 0 atom stereocenters. The summed E-state index contributed by atoms with van der Waals surface area (Å²) in [6.45, 7) is 0.585. The van der Waals surface area contributed by atoms with Crippen molar-refractivity contribution in [2.24, 2.45) is 0 Å². The number of benzene rings is 2. The summed E-state index contributed by atoms with van der Waals surface area (Å²) >= 11 is 3.53. The van der Waals surface area contributed by atoms with Crippen molar-refractivity contribution in [3.8, 4) is 11.5 Å². The number of carbonyl (C=O) groups excluding carboxylic acids is 1. The van der Waals surface area contributed by atoms with Gasteiger partial charge < -0.3 is 14.8 Å². The number of aryl methyl sites for hydroxylation is 1. The highest BCUT2D eigenvalue weighted by atomic mass is 79.9. The van der Waals surface area contributed by atoms with Crippen molar-refractivity contribution >= 4 is 21.8 Å². The zero-order valence-electron chi connectivity index (χ0n) is 14.0. The van der Waals surface area contributed by atoms with Crippen molar-refractivity contribution in [2.45, 2.75) is 19.3 Å². The summed E-state index contributed by atoms with van der Waals surface area (Å²) < 4.78 is 11.5. The molecule has 4 nitrogen and oxygen atoms in total. The molecule has 0 aliphatic rings. The molecule has 1 amide bonds. The normalized spacial score (nSPS) is 10.3. The van der Waals surface area contributed by atoms with E-state index >= 15 is 0 Å². The van der Waals surface area contributed by atoms with Gasteiger partial charge in [-0.25, -0.2) is 0 Å². The summed E-state index contributed by atoms with van der Waals surface area (Å²) in [6, 6.07) is 13.8. The van der Waals surface area contributed by atoms with Crippen molar-refractivity contribution in [3.63, 3.8) is 0 Å². The first-order valence-electron chi connectivity index (χ1n) is 7.85. The van der Waals surface area contributed by atoms with E-state index in [1.165, 1.54) is 5.56 Å². The van der Waals surface area contributed by atoms with Crippen molar-refractivity contribution in [2.75, 3.05) is 20.8 Å². The van der Waals surface area contributed by atoms with Crippen LogP contribution in [0.4, 0.5) is 0 Å². The van der Waals surface area contributed by atoms with Gasteiger partial charge in [0.15, 0.2) is 11.5 Å². The maximum absolute atomic E-state index is 11.9. The maximum atomic E-state index is 11.9. The second-order valence-electron chi connectivity index (χ2n) is 5.38. The van der Waals surface area contributed by atoms with Crippen molar-refractivity contribution in [1.82, 2.24) is 5.32 Å². The summed E-state index contributed by atoms with van der Waals surface area (Å²) in [6.07, 6.45) is 1.97. The van der Waals surface area contributed by atoms with Crippen LogP contribution in [0.15, 0.2) is 46.9 Å². The second-order valence-corrected chi connectivity index (χ2v) is 6.24. The van der Waals surface area contributed by atoms with Gasteiger partial charge in [-0.05, 0) is 36.1 Å². The SMILES string of the molecule is COc1cc(Br)c(CCNC(=O)CCc2ccccc2)cc1OC. The van der Waals surface area contributed by atoms with Crippen LogP contribution in [-0.4, -0.2) is 26.7 Å². The van der Waals surface area contributed by atoms with Crippen LogP contribution >= 0.6 is 15.9 Å². The van der Waals surface area contributed by atoms with Crippen LogP contribution in [0, 0.1) is 0 Å². The zero-order valence-corrected chi connectivity index (χ0v) is 15.6. The average Bonchev–Trinajstić information content (AvgIpc) is 2.61. The molecule has 0 spiro atoms. The van der Waals surface area contributed by atoms with E-state index in [-0.39, 0.29) is 5.91 Å². The summed E-state index contributed by atoms with van der Waals surface area (Å²) in [7, 11) is 3.22. The smallest absolute Gasteiger partial charge is 0.220 e. The molecular weight excluding hydrogens is 370 g/mol. The first-order valence-corrected chi connectivity index (χ1v) is 8.64. The van der Waals surface area contributed by atoms with Gasteiger partial charge in [0.1, 0.15) is 0 Å². The van der Waals surface area contributed by atoms with E-state index in [0.29, 0.717) is 24.5 Å². The number of nitrogens with one attached hydrogen (secondary N) is 1. The lowest BCUT2D eigenvalue weighted by molar-refractivity contribution is -0.121. The Labute approximate surface area is 151 Å². The minimum Gasteiger partial charge on any atom is -0.493 e. The number of methoxy groups -OCH3 is 2. The number of amides is 1. The van der Waals surface area contributed by atoms with Crippen LogP contribution in [0.2, 0.25) is 0 Å². The van der Waals surface area contributed by atoms with Gasteiger partial charge in [-0.3, -0.25) is 4.79 Å². The Morgan fingerprint density at radius 2 is 1.71 bits per heavy atom. The summed E-state index contributed by atoms with van der Waals surface area (Å²) in [4.78, 5) is 11.9. The molecule has 0 radical (unpaired) electrons. The van der Waals surface area contributed by atoms with Crippen LogP contribution in [0.1, 0.15) is 17.5 Å². The molecule has 2 rings (SSSR count). The number of rotatable bonds is 8. The van der Waals surface area contributed by atoms with Crippen LogP contribution in [0.25, 0.3) is 0 Å². The quantitative estimate of drug-likeness (QED) is 0.744. The van der Waals surface area contributed by atoms with E-state index in [2.05, 4.69) is 21.2 Å². The highest BCUT2D eigenvalue weighted by Crippen LogP contribution is 2.33. The third kappa shape index (κ3) is 5.27. The molecule has 0 saturated heterocycles. The molecule has 0 aliphatic carbocycles. The Bertz CT molecular complexity index is 674. The standard InChI is InChI=1S/C19H22BrNO3/c1-23-17-12-15(16(20)13-18(17)24-2)10-11-21-19(22)9-8-14-6-4-3-5-7-14/h3-7,12-13H,8-11H2,1-2H3,(H,21,22). The van der Waals surface area contributed by atoms with Crippen LogP contribution in [0.5, 0.6) is 11.5 Å². The van der Waals surface area contributed by atoms with Gasteiger partial charge in [-0.2, -0.15) is 0 Å². The van der Waals surface area contributed by atoms with E-state index in [1.54, 1.807) is 14.2 Å². The van der Waals surface area contributed by atoms with Crippen LogP contribution < -0.4 is 14.8 Å². The van der Waals surface area contributed by atoms with E-state index in [1.807, 2.05) is 42.5 Å². The molecule has 0 aliphatic heterocycles. The lowest BCUT2D eigenvalue weighted by atomic mass is 10.1. The van der Waals surface area contributed by atoms with Crippen molar-refractivity contribution < 1.29 is 14.3 Å². The van der Waals surface area contributed by atoms with E-state index in [0.717, 1.165) is 22.9 Å². The van der Waals surface area contributed by atoms with E-state index in [9.17, 15) is 4.79 Å². The fourth-order valence-electron chi connectivity index (χ4n) is 2.42. The van der Waals surface area contributed by atoms with E-state index in [4.69, 9.17) is 9.47 Å². The zero-order chi connectivity index (χ0) is 17.4. The number of hydrogen-bond donors (Lipinski definition) is 1. The predicted octanol–water partition coefficient (Wildman–Crippen LogP) is 3.76. The minimum atomic E-state index is 0.0652. The Hall–Kier alpha value is -2.01. The Balaban J connectivity index is 1.82. The molecule has 0 bridgehead atoms. The van der Waals surface area contributed by atoms with Gasteiger partial charge >= 0.3 is 0 Å². The molecule has 1 N–H and O–H groups in total. The molecule has 0 unspecified atom stereocenters. The lowest BCUT2D eigenvalue weighted by Crippen LogP contribution is -2.26. The predicted molar refractivity (Wildman–Crippen MR) is 98.7 cm³/mol. The van der Waals surface area contributed by atoms with Gasteiger partial charge in [0.25, 0.3) is 0 Å². The van der Waals surface area contributed by atoms with Gasteiger partial charge in [0, 0.05) is 17.4 Å². The van der Waals surface area contributed by atoms with E-state index < -0.39 is 0 Å². The highest BCUT2D eigenvalue weighted by Gasteiger charge is 2.10. The second kappa shape index (κ2) is 9.33. The van der Waals surface area contributed by atoms with Crippen LogP contribution in [0.3, 0.4) is 0 Å². The third-order valence-electron chi connectivity index (χ3n) is 3.75. The largest absolute Gasteiger partial charge is 0.493 e. The first-order chi connectivity index (χ1) is 11.6. The third-order valence-corrected chi connectivity index (χ3v) is 4.49. The summed E-state index contributed by atoms with van der Waals surface area (Å²) in [5.74, 6) is 1.43. The molecule has 0 saturated carbocycles. The maximum Gasteiger partial charge on any atom is 0.220 e. The monoisotopic (exact) mass is 391 g/mol. The van der Waals surface area contributed by atoms with Gasteiger partial charge in [-0.15, -0.1) is 0 Å². The topological polar surface area (TPSA) is 47.6 Å². The molecular formula is C19H22BrNO3. The molecule has 0 aromatic heterocycles.